The fourth-order valence-corrected chi connectivity index (χ4v) is 7.26. The van der Waals surface area contributed by atoms with Crippen LogP contribution in [0.3, 0.4) is 0 Å². The molecule has 1 aromatic rings. The predicted octanol–water partition coefficient (Wildman–Crippen LogP) is -0.938. The molecule has 0 aliphatic heterocycles. The van der Waals surface area contributed by atoms with Crippen molar-refractivity contribution in [2.24, 2.45) is 33.2 Å². The number of ketones is 1. The number of aliphatic hydroxyl groups is 1. The Kier molecular flexibility index (Phi) is 9.64. The van der Waals surface area contributed by atoms with Gasteiger partial charge in [-0.2, -0.15) is 0 Å². The Morgan fingerprint density at radius 1 is 1.18 bits per heavy atom. The van der Waals surface area contributed by atoms with Gasteiger partial charge in [0.1, 0.15) is 11.8 Å². The molecule has 2 bridgehead atoms. The second-order valence-corrected chi connectivity index (χ2v) is 11.7. The number of carbonyl (C=O) groups is 4. The van der Waals surface area contributed by atoms with E-state index < -0.39 is 63.5 Å². The van der Waals surface area contributed by atoms with E-state index in [9.17, 15) is 32.7 Å². The summed E-state index contributed by atoms with van der Waals surface area (Å²) in [5, 5.41) is 13.9. The number of benzene rings is 1. The molecule has 2 fully saturated rings. The molecular weight excluding hydrogens is 540 g/mol. The van der Waals surface area contributed by atoms with E-state index in [0.29, 0.717) is 18.5 Å². The van der Waals surface area contributed by atoms with E-state index in [2.05, 4.69) is 20.3 Å². The first-order valence-electron chi connectivity index (χ1n) is 11.7. The van der Waals surface area contributed by atoms with E-state index >= 15 is 0 Å². The normalized spacial score (nSPS) is 22.2. The molecule has 13 nitrogen and oxygen atoms in total. The molecular formula is C23H33ClN6O7S. The van der Waals surface area contributed by atoms with Gasteiger partial charge in [0.25, 0.3) is 5.91 Å². The fraction of sp³-hybridized carbons (Fsp3) is 0.522. The van der Waals surface area contributed by atoms with Crippen molar-refractivity contribution in [1.82, 2.24) is 15.4 Å². The highest BCUT2D eigenvalue weighted by Crippen LogP contribution is 2.64. The van der Waals surface area contributed by atoms with Crippen LogP contribution >= 0.6 is 12.4 Å². The molecule has 3 amide bonds. The average molecular weight is 573 g/mol. The van der Waals surface area contributed by atoms with Crippen molar-refractivity contribution in [3.63, 3.8) is 0 Å². The number of Topliss-reactive ketones (excluding diaryl/α,β-unsaturated/α-hetero) is 1. The first kappa shape index (κ1) is 31.1. The highest BCUT2D eigenvalue weighted by Gasteiger charge is 2.65. The van der Waals surface area contributed by atoms with Crippen molar-refractivity contribution in [1.29, 1.82) is 0 Å². The minimum Gasteiger partial charge on any atom is -0.394 e. The molecule has 2 unspecified atom stereocenters. The number of rotatable bonds is 10. The number of nitrogens with two attached hydrogens (primary N) is 2. The van der Waals surface area contributed by atoms with Gasteiger partial charge in [0, 0.05) is 17.4 Å². The van der Waals surface area contributed by atoms with Gasteiger partial charge in [0.05, 0.1) is 24.6 Å². The minimum atomic E-state index is -4.15. The van der Waals surface area contributed by atoms with Gasteiger partial charge in [0.2, 0.25) is 21.8 Å². The van der Waals surface area contributed by atoms with Crippen LogP contribution in [0.4, 0.5) is 5.69 Å². The second-order valence-electron chi connectivity index (χ2n) is 9.96. The maximum Gasteiger partial charge on any atom is 0.257 e. The lowest BCUT2D eigenvalue weighted by molar-refractivity contribution is -0.128. The number of amides is 3. The molecule has 2 aliphatic carbocycles. The zero-order chi connectivity index (χ0) is 27.6. The third-order valence-electron chi connectivity index (χ3n) is 7.46. The number of halogens is 1. The second kappa shape index (κ2) is 11.8. The van der Waals surface area contributed by atoms with Crippen molar-refractivity contribution < 1.29 is 32.7 Å². The smallest absolute Gasteiger partial charge is 0.257 e. The molecule has 210 valence electrons. The van der Waals surface area contributed by atoms with Crippen molar-refractivity contribution in [3.05, 3.63) is 29.8 Å². The van der Waals surface area contributed by atoms with Gasteiger partial charge >= 0.3 is 0 Å². The molecule has 0 aromatic heterocycles. The Hall–Kier alpha value is -3.07. The lowest BCUT2D eigenvalue weighted by atomic mass is 9.70. The number of hydrogen-bond donors (Lipinski definition) is 6. The van der Waals surface area contributed by atoms with Gasteiger partial charge < -0.3 is 21.9 Å². The van der Waals surface area contributed by atoms with Crippen LogP contribution in [0.1, 0.15) is 43.5 Å². The lowest BCUT2D eigenvalue weighted by Gasteiger charge is -2.36. The molecule has 2 aliphatic rings. The third kappa shape index (κ3) is 6.49. The Bertz CT molecular complexity index is 1230. The van der Waals surface area contributed by atoms with E-state index in [1.54, 1.807) is 0 Å². The number of hydrogen-bond acceptors (Lipinski definition) is 8. The predicted molar refractivity (Wildman–Crippen MR) is 141 cm³/mol. The number of nitrogens with one attached hydrogen (secondary N) is 3. The first-order valence-corrected chi connectivity index (χ1v) is 13.3. The molecule has 0 spiro atoms. The molecule has 8 N–H and O–H groups in total. The van der Waals surface area contributed by atoms with Gasteiger partial charge in [-0.1, -0.05) is 13.8 Å². The number of nitrogens with zero attached hydrogens (tertiary/aromatic N) is 1. The minimum absolute atomic E-state index is 0. The highest BCUT2D eigenvalue weighted by atomic mass is 35.5. The summed E-state index contributed by atoms with van der Waals surface area (Å²) in [6.45, 7) is 2.26. The summed E-state index contributed by atoms with van der Waals surface area (Å²) < 4.78 is 27.9. The average Bonchev–Trinajstić information content (AvgIpc) is 3.15. The summed E-state index contributed by atoms with van der Waals surface area (Å²) in [6.07, 6.45) is 1.54. The first-order chi connectivity index (χ1) is 17.2. The van der Waals surface area contributed by atoms with Crippen LogP contribution in [0, 0.1) is 16.7 Å². The van der Waals surface area contributed by atoms with E-state index in [0.717, 1.165) is 6.42 Å². The largest absolute Gasteiger partial charge is 0.394 e. The summed E-state index contributed by atoms with van der Waals surface area (Å²) in [6, 6.07) is 4.13. The Labute approximate surface area is 226 Å². The molecule has 0 radical (unpaired) electrons. The summed E-state index contributed by atoms with van der Waals surface area (Å²) >= 11 is 0. The zero-order valence-corrected chi connectivity index (χ0v) is 22.7. The molecule has 38 heavy (non-hydrogen) atoms. The molecule has 15 heteroatoms. The van der Waals surface area contributed by atoms with E-state index in [1.807, 2.05) is 13.8 Å². The number of imide groups is 1. The third-order valence-corrected chi connectivity index (χ3v) is 8.98. The number of guanidine groups is 1. The molecule has 2 saturated carbocycles. The lowest BCUT2D eigenvalue weighted by Crippen LogP contribution is -2.53. The van der Waals surface area contributed by atoms with Crippen LogP contribution in [0.5, 0.6) is 0 Å². The Morgan fingerprint density at radius 3 is 2.32 bits per heavy atom. The number of aliphatic hydroxyl groups excluding tert-OH is 1. The van der Waals surface area contributed by atoms with Gasteiger partial charge in [-0.3, -0.25) is 24.5 Å². The SMILES string of the molecule is CC1(C)C2CCC1(CS(=O)(=O)N[C@@H](CO)C(=O)NCC(=O)NC(=O)c1ccc(N=C(N)N)cc1)C(=O)C2.Cl. The van der Waals surface area contributed by atoms with E-state index in [4.69, 9.17) is 11.5 Å². The standard InChI is InChI=1S/C23H32N6O7S.ClH/c1-22(2)14-7-8-23(22,17(31)9-14)12-37(35,36)29-16(11-30)20(34)26-10-18(32)28-19(33)13-3-5-15(6-4-13)27-21(24)25;/h3-6,14,16,29-30H,7-12H2,1-2H3,(H,26,34)(H4,24,25,27)(H,28,32,33);1H/t14?,16-,23?;/m0./s1. The van der Waals surface area contributed by atoms with Gasteiger partial charge in [-0.05, 0) is 48.4 Å². The summed E-state index contributed by atoms with van der Waals surface area (Å²) in [7, 11) is -4.15. The van der Waals surface area contributed by atoms with Crippen molar-refractivity contribution in [2.75, 3.05) is 18.9 Å². The Balaban J connectivity index is 0.00000507. The van der Waals surface area contributed by atoms with Crippen LogP contribution in [-0.4, -0.2) is 67.9 Å². The van der Waals surface area contributed by atoms with Crippen LogP contribution in [0.2, 0.25) is 0 Å². The molecule has 1 aromatic carbocycles. The van der Waals surface area contributed by atoms with Crippen molar-refractivity contribution in [2.45, 2.75) is 39.2 Å². The molecule has 3 atom stereocenters. The van der Waals surface area contributed by atoms with Crippen LogP contribution in [-0.2, 0) is 24.4 Å². The fourth-order valence-electron chi connectivity index (χ4n) is 5.23. The quantitative estimate of drug-likeness (QED) is 0.150. The van der Waals surface area contributed by atoms with E-state index in [1.165, 1.54) is 24.3 Å². The monoisotopic (exact) mass is 572 g/mol. The van der Waals surface area contributed by atoms with E-state index in [-0.39, 0.29) is 35.6 Å². The van der Waals surface area contributed by atoms with Gasteiger partial charge in [-0.25, -0.2) is 18.1 Å². The summed E-state index contributed by atoms with van der Waals surface area (Å²) in [5.41, 5.74) is 9.56. The summed E-state index contributed by atoms with van der Waals surface area (Å²) in [5.74, 6) is -3.19. The molecule has 0 heterocycles. The maximum atomic E-state index is 12.9. The molecule has 3 rings (SSSR count). The zero-order valence-electron chi connectivity index (χ0n) is 21.0. The topological polar surface area (TPSA) is 223 Å². The highest BCUT2D eigenvalue weighted by molar-refractivity contribution is 7.89. The Morgan fingerprint density at radius 2 is 1.82 bits per heavy atom. The maximum absolute atomic E-state index is 12.9. The number of fused-ring (bicyclic) bond motifs is 2. The molecule has 0 saturated heterocycles. The number of carbonyl (C=O) groups excluding carboxylic acids is 4. The number of aliphatic imine (C=N–C) groups is 1. The van der Waals surface area contributed by atoms with Crippen molar-refractivity contribution in [3.8, 4) is 0 Å². The van der Waals surface area contributed by atoms with Gasteiger partial charge in [-0.15, -0.1) is 12.4 Å². The number of sulfonamides is 1. The van der Waals surface area contributed by atoms with Crippen molar-refractivity contribution >= 4 is 57.6 Å². The summed E-state index contributed by atoms with van der Waals surface area (Å²) in [4.78, 5) is 53.3. The van der Waals surface area contributed by atoms with Crippen LogP contribution in [0.15, 0.2) is 29.3 Å². The van der Waals surface area contributed by atoms with Crippen LogP contribution < -0.4 is 26.8 Å². The van der Waals surface area contributed by atoms with Gasteiger partial charge in [0.15, 0.2) is 5.96 Å². The van der Waals surface area contributed by atoms with Crippen LogP contribution in [0.25, 0.3) is 0 Å².